The van der Waals surface area contributed by atoms with E-state index in [1.807, 2.05) is 21.8 Å². The van der Waals surface area contributed by atoms with Gasteiger partial charge < -0.3 is 9.80 Å². The van der Waals surface area contributed by atoms with Crippen LogP contribution in [0.2, 0.25) is 0 Å². The van der Waals surface area contributed by atoms with Gasteiger partial charge in [0.1, 0.15) is 0 Å². The van der Waals surface area contributed by atoms with Crippen molar-refractivity contribution in [3.8, 4) is 0 Å². The predicted octanol–water partition coefficient (Wildman–Crippen LogP) is 2.04. The number of nitrogens with zero attached hydrogens (tertiary/aromatic N) is 6. The van der Waals surface area contributed by atoms with Crippen molar-refractivity contribution in [3.63, 3.8) is 0 Å². The Kier molecular flexibility index (Phi) is 6.15. The van der Waals surface area contributed by atoms with E-state index in [9.17, 15) is 4.79 Å². The van der Waals surface area contributed by atoms with Gasteiger partial charge in [-0.15, -0.1) is 0 Å². The van der Waals surface area contributed by atoms with Crippen molar-refractivity contribution in [2.24, 2.45) is 5.92 Å². The number of amides is 1. The molecule has 1 atom stereocenters. The fourth-order valence-corrected chi connectivity index (χ4v) is 4.51. The fourth-order valence-electron chi connectivity index (χ4n) is 4.51. The Morgan fingerprint density at radius 3 is 2.76 bits per heavy atom. The Morgan fingerprint density at radius 1 is 1.21 bits per heavy atom. The molecule has 0 spiro atoms. The molecule has 2 aliphatic rings. The molecule has 4 rings (SSSR count). The monoisotopic (exact) mass is 398 g/mol. The molecule has 7 heteroatoms. The normalized spacial score (nSPS) is 21.5. The number of likely N-dealkylation sites (tertiary alicyclic amines) is 2. The van der Waals surface area contributed by atoms with E-state index in [2.05, 4.69) is 41.9 Å². The number of hydrogen-bond acceptors (Lipinski definition) is 5. The topological polar surface area (TPSA) is 57.5 Å². The van der Waals surface area contributed by atoms with Crippen LogP contribution in [0.3, 0.4) is 0 Å². The highest BCUT2D eigenvalue weighted by Gasteiger charge is 2.31. The van der Waals surface area contributed by atoms with Crippen molar-refractivity contribution in [2.75, 3.05) is 53.4 Å². The molecule has 0 aliphatic carbocycles. The molecule has 7 nitrogen and oxygen atoms in total. The zero-order chi connectivity index (χ0) is 20.4. The van der Waals surface area contributed by atoms with Crippen LogP contribution in [0, 0.1) is 5.92 Å². The van der Waals surface area contributed by atoms with Gasteiger partial charge in [-0.1, -0.05) is 6.92 Å². The average molecular weight is 399 g/mol. The van der Waals surface area contributed by atoms with Crippen LogP contribution in [0.25, 0.3) is 11.0 Å². The SMILES string of the molecule is CC1CCN(CC(=O)N2CC[C@@H](c3nn(CCN(C)C)c4ncccc34)C2)CC1. The van der Waals surface area contributed by atoms with Crippen LogP contribution in [-0.4, -0.2) is 88.7 Å². The minimum atomic E-state index is 0.275. The van der Waals surface area contributed by atoms with Gasteiger partial charge in [-0.2, -0.15) is 5.10 Å². The van der Waals surface area contributed by atoms with E-state index >= 15 is 0 Å². The van der Waals surface area contributed by atoms with Crippen LogP contribution in [0.1, 0.15) is 37.8 Å². The van der Waals surface area contributed by atoms with Crippen LogP contribution in [-0.2, 0) is 11.3 Å². The Balaban J connectivity index is 1.43. The number of likely N-dealkylation sites (N-methyl/N-ethyl adjacent to an activating group) is 1. The second-order valence-corrected chi connectivity index (χ2v) is 9.07. The molecule has 0 bridgehead atoms. The van der Waals surface area contributed by atoms with Crippen molar-refractivity contribution >= 4 is 16.9 Å². The summed E-state index contributed by atoms with van der Waals surface area (Å²) >= 11 is 0. The molecule has 0 unspecified atom stereocenters. The molecule has 2 aliphatic heterocycles. The van der Waals surface area contributed by atoms with Gasteiger partial charge in [0, 0.05) is 37.1 Å². The average Bonchev–Trinajstić information content (AvgIpc) is 3.33. The summed E-state index contributed by atoms with van der Waals surface area (Å²) in [7, 11) is 4.15. The smallest absolute Gasteiger partial charge is 0.236 e. The highest BCUT2D eigenvalue weighted by molar-refractivity contribution is 5.80. The Hall–Kier alpha value is -1.99. The maximum Gasteiger partial charge on any atom is 0.236 e. The highest BCUT2D eigenvalue weighted by atomic mass is 16.2. The molecule has 2 aromatic rings. The fraction of sp³-hybridized carbons (Fsp3) is 0.682. The van der Waals surface area contributed by atoms with Gasteiger partial charge >= 0.3 is 0 Å². The molecule has 1 amide bonds. The molecular formula is C22H34N6O. The largest absolute Gasteiger partial charge is 0.341 e. The first-order valence-corrected chi connectivity index (χ1v) is 11.0. The third-order valence-electron chi connectivity index (χ3n) is 6.46. The zero-order valence-corrected chi connectivity index (χ0v) is 18.0. The van der Waals surface area contributed by atoms with Crippen molar-refractivity contribution in [1.82, 2.24) is 29.5 Å². The van der Waals surface area contributed by atoms with Gasteiger partial charge in [-0.05, 0) is 64.5 Å². The Morgan fingerprint density at radius 2 is 2.00 bits per heavy atom. The third kappa shape index (κ3) is 4.61. The molecule has 0 aromatic carbocycles. The first-order chi connectivity index (χ1) is 14.0. The summed E-state index contributed by atoms with van der Waals surface area (Å²) in [6, 6.07) is 4.11. The standard InChI is InChI=1S/C22H34N6O/c1-17-6-10-26(11-7-17)16-20(29)27-12-8-18(15-27)21-19-5-4-9-23-22(19)28(24-21)14-13-25(2)3/h4-5,9,17-18H,6-8,10-16H2,1-3H3/t18-/m1/s1. The lowest BCUT2D eigenvalue weighted by atomic mass is 9.99. The van der Waals surface area contributed by atoms with E-state index < -0.39 is 0 Å². The summed E-state index contributed by atoms with van der Waals surface area (Å²) in [5.41, 5.74) is 2.06. The molecule has 2 saturated heterocycles. The number of rotatable bonds is 6. The summed E-state index contributed by atoms with van der Waals surface area (Å²) < 4.78 is 2.03. The number of piperidine rings is 1. The summed E-state index contributed by atoms with van der Waals surface area (Å²) in [6.45, 7) is 8.34. The second-order valence-electron chi connectivity index (χ2n) is 9.07. The molecule has 2 aromatic heterocycles. The molecule has 158 valence electrons. The van der Waals surface area contributed by atoms with E-state index in [4.69, 9.17) is 5.10 Å². The Bertz CT molecular complexity index is 839. The summed E-state index contributed by atoms with van der Waals surface area (Å²) in [6.07, 6.45) is 5.24. The van der Waals surface area contributed by atoms with E-state index in [-0.39, 0.29) is 5.91 Å². The predicted molar refractivity (Wildman–Crippen MR) is 115 cm³/mol. The minimum absolute atomic E-state index is 0.275. The van der Waals surface area contributed by atoms with Crippen LogP contribution in [0.4, 0.5) is 0 Å². The number of hydrogen-bond donors (Lipinski definition) is 0. The first kappa shape index (κ1) is 20.3. The Labute approximate surface area is 173 Å². The first-order valence-electron chi connectivity index (χ1n) is 11.0. The van der Waals surface area contributed by atoms with Gasteiger partial charge in [0.15, 0.2) is 5.65 Å². The molecule has 2 fully saturated rings. The van der Waals surface area contributed by atoms with Crippen LogP contribution in [0.5, 0.6) is 0 Å². The number of pyridine rings is 1. The lowest BCUT2D eigenvalue weighted by Gasteiger charge is -2.30. The van der Waals surface area contributed by atoms with E-state index in [0.29, 0.717) is 12.5 Å². The van der Waals surface area contributed by atoms with E-state index in [1.165, 1.54) is 12.8 Å². The quantitative estimate of drug-likeness (QED) is 0.745. The van der Waals surface area contributed by atoms with E-state index in [0.717, 1.165) is 68.3 Å². The second kappa shape index (κ2) is 8.79. The number of aromatic nitrogens is 3. The highest BCUT2D eigenvalue weighted by Crippen LogP contribution is 2.31. The van der Waals surface area contributed by atoms with Gasteiger partial charge in [0.25, 0.3) is 0 Å². The minimum Gasteiger partial charge on any atom is -0.341 e. The lowest BCUT2D eigenvalue weighted by Crippen LogP contribution is -2.42. The van der Waals surface area contributed by atoms with Crippen molar-refractivity contribution < 1.29 is 4.79 Å². The number of carbonyl (C=O) groups excluding carboxylic acids is 1. The molecule has 0 saturated carbocycles. The van der Waals surface area contributed by atoms with Crippen LogP contribution >= 0.6 is 0 Å². The van der Waals surface area contributed by atoms with Crippen molar-refractivity contribution in [3.05, 3.63) is 24.0 Å². The number of fused-ring (bicyclic) bond motifs is 1. The molecule has 29 heavy (non-hydrogen) atoms. The summed E-state index contributed by atoms with van der Waals surface area (Å²) in [5, 5.41) is 6.07. The van der Waals surface area contributed by atoms with Gasteiger partial charge in [0.2, 0.25) is 5.91 Å². The van der Waals surface area contributed by atoms with Gasteiger partial charge in [-0.3, -0.25) is 9.69 Å². The van der Waals surface area contributed by atoms with E-state index in [1.54, 1.807) is 0 Å². The third-order valence-corrected chi connectivity index (χ3v) is 6.46. The van der Waals surface area contributed by atoms with Crippen LogP contribution in [0.15, 0.2) is 18.3 Å². The maximum absolute atomic E-state index is 12.9. The summed E-state index contributed by atoms with van der Waals surface area (Å²) in [4.78, 5) is 24.0. The van der Waals surface area contributed by atoms with Crippen LogP contribution < -0.4 is 0 Å². The lowest BCUT2D eigenvalue weighted by molar-refractivity contribution is -0.131. The maximum atomic E-state index is 12.9. The van der Waals surface area contributed by atoms with Crippen molar-refractivity contribution in [1.29, 1.82) is 0 Å². The van der Waals surface area contributed by atoms with Crippen molar-refractivity contribution in [2.45, 2.75) is 38.6 Å². The van der Waals surface area contributed by atoms with Gasteiger partial charge in [0.05, 0.1) is 18.8 Å². The number of carbonyl (C=O) groups is 1. The molecule has 0 radical (unpaired) electrons. The molecule has 0 N–H and O–H groups in total. The zero-order valence-electron chi connectivity index (χ0n) is 18.0. The molecular weight excluding hydrogens is 364 g/mol. The molecule has 4 heterocycles. The van der Waals surface area contributed by atoms with Gasteiger partial charge in [-0.25, -0.2) is 9.67 Å². The summed E-state index contributed by atoms with van der Waals surface area (Å²) in [5.74, 6) is 1.37.